The number of halogens is 4. The number of non-ortho nitro benzene ring substituents is 1. The molecule has 1 atom stereocenters. The Balaban J connectivity index is 1.98. The van der Waals surface area contributed by atoms with Crippen LogP contribution in [0.1, 0.15) is 24.0 Å². The van der Waals surface area contributed by atoms with Gasteiger partial charge in [-0.1, -0.05) is 40.2 Å². The van der Waals surface area contributed by atoms with E-state index in [1.807, 2.05) is 0 Å². The fourth-order valence-corrected chi connectivity index (χ4v) is 4.25. The summed E-state index contributed by atoms with van der Waals surface area (Å²) in [5.41, 5.74) is -2.61. The van der Waals surface area contributed by atoms with Crippen molar-refractivity contribution in [3.05, 3.63) is 92.3 Å². The first-order valence-electron chi connectivity index (χ1n) is 11.5. The van der Waals surface area contributed by atoms with Gasteiger partial charge >= 0.3 is 18.1 Å². The molecular formula is C26H24BrF3N2O7. The van der Waals surface area contributed by atoms with Gasteiger partial charge in [-0.2, -0.15) is 13.2 Å². The highest BCUT2D eigenvalue weighted by Gasteiger charge is 2.47. The van der Waals surface area contributed by atoms with Crippen LogP contribution in [0.3, 0.4) is 0 Å². The van der Waals surface area contributed by atoms with E-state index in [-0.39, 0.29) is 29.9 Å². The Kier molecular flexibility index (Phi) is 9.73. The standard InChI is InChI=1S/C26H24BrF3N2O7/c1-15-20(25(34)39-11-9-16-5-3-8-19(13-16)38-12-10-27)21(17-6-4-7-18(14-17)32(35)36)22(24(33)37-2)23(31-15)26(28,29)30/h3-8,13-14,21,31H,9-12H2,1-2H3. The Hall–Kier alpha value is -3.87. The van der Waals surface area contributed by atoms with E-state index in [1.165, 1.54) is 19.1 Å². The summed E-state index contributed by atoms with van der Waals surface area (Å²) in [7, 11) is 0.896. The Morgan fingerprint density at radius 2 is 1.79 bits per heavy atom. The van der Waals surface area contributed by atoms with Crippen molar-refractivity contribution in [2.24, 2.45) is 0 Å². The van der Waals surface area contributed by atoms with Gasteiger partial charge in [-0.15, -0.1) is 0 Å². The molecule has 2 aromatic carbocycles. The van der Waals surface area contributed by atoms with Crippen molar-refractivity contribution < 1.29 is 41.9 Å². The number of methoxy groups -OCH3 is 1. The number of benzene rings is 2. The smallest absolute Gasteiger partial charge is 0.431 e. The highest BCUT2D eigenvalue weighted by Crippen LogP contribution is 2.44. The van der Waals surface area contributed by atoms with Crippen molar-refractivity contribution in [2.45, 2.75) is 25.4 Å². The summed E-state index contributed by atoms with van der Waals surface area (Å²) in [6.45, 7) is 1.54. The summed E-state index contributed by atoms with van der Waals surface area (Å²) in [5, 5.41) is 14.1. The number of nitro benzene ring substituents is 1. The highest BCUT2D eigenvalue weighted by molar-refractivity contribution is 9.09. The molecule has 1 aliphatic heterocycles. The predicted octanol–water partition coefficient (Wildman–Crippen LogP) is 5.10. The van der Waals surface area contributed by atoms with Crippen LogP contribution in [0.25, 0.3) is 0 Å². The van der Waals surface area contributed by atoms with E-state index in [0.717, 1.165) is 24.8 Å². The second kappa shape index (κ2) is 12.8. The van der Waals surface area contributed by atoms with Crippen molar-refractivity contribution >= 4 is 33.6 Å². The van der Waals surface area contributed by atoms with Crippen LogP contribution in [0.5, 0.6) is 5.75 Å². The van der Waals surface area contributed by atoms with Gasteiger partial charge in [-0.25, -0.2) is 9.59 Å². The van der Waals surface area contributed by atoms with Gasteiger partial charge in [0.05, 0.1) is 42.3 Å². The van der Waals surface area contributed by atoms with Gasteiger partial charge < -0.3 is 19.5 Å². The maximum atomic E-state index is 14.0. The number of alkyl halides is 4. The molecule has 13 heteroatoms. The second-order valence-corrected chi connectivity index (χ2v) is 9.09. The minimum atomic E-state index is -5.03. The van der Waals surface area contributed by atoms with Crippen molar-refractivity contribution in [3.8, 4) is 5.75 Å². The molecular weight excluding hydrogens is 589 g/mol. The third-order valence-electron chi connectivity index (χ3n) is 5.75. The summed E-state index contributed by atoms with van der Waals surface area (Å²) < 4.78 is 57.6. The normalized spacial score (nSPS) is 15.5. The lowest BCUT2D eigenvalue weighted by Crippen LogP contribution is -2.38. The molecule has 0 aromatic heterocycles. The fraction of sp³-hybridized carbons (Fsp3) is 0.308. The first kappa shape index (κ1) is 29.7. The Morgan fingerprint density at radius 1 is 1.08 bits per heavy atom. The van der Waals surface area contributed by atoms with E-state index in [0.29, 0.717) is 17.7 Å². The molecule has 0 fully saturated rings. The molecule has 0 amide bonds. The zero-order valence-corrected chi connectivity index (χ0v) is 22.4. The summed E-state index contributed by atoms with van der Waals surface area (Å²) >= 11 is 3.27. The molecule has 1 N–H and O–H groups in total. The molecule has 0 saturated carbocycles. The van der Waals surface area contributed by atoms with Gasteiger partial charge in [0.2, 0.25) is 0 Å². The number of nitro groups is 1. The van der Waals surface area contributed by atoms with E-state index in [2.05, 4.69) is 26.0 Å². The average molecular weight is 613 g/mol. The van der Waals surface area contributed by atoms with Crippen LogP contribution in [0.15, 0.2) is 71.1 Å². The molecule has 3 rings (SSSR count). The third-order valence-corrected chi connectivity index (χ3v) is 6.08. The van der Waals surface area contributed by atoms with Gasteiger partial charge in [0.15, 0.2) is 0 Å². The summed E-state index contributed by atoms with van der Waals surface area (Å²) in [4.78, 5) is 36.6. The summed E-state index contributed by atoms with van der Waals surface area (Å²) in [6.07, 6.45) is -4.76. The molecule has 0 radical (unpaired) electrons. The van der Waals surface area contributed by atoms with Crippen LogP contribution in [0, 0.1) is 10.1 Å². The van der Waals surface area contributed by atoms with Crippen LogP contribution in [-0.4, -0.2) is 48.7 Å². The van der Waals surface area contributed by atoms with E-state index in [1.54, 1.807) is 24.3 Å². The number of hydrogen-bond donors (Lipinski definition) is 1. The zero-order valence-electron chi connectivity index (χ0n) is 20.8. The third kappa shape index (κ3) is 7.16. The number of allylic oxidation sites excluding steroid dienone is 2. The quantitative estimate of drug-likeness (QED) is 0.170. The number of rotatable bonds is 10. The van der Waals surface area contributed by atoms with Crippen molar-refractivity contribution in [1.29, 1.82) is 0 Å². The van der Waals surface area contributed by atoms with Crippen molar-refractivity contribution in [1.82, 2.24) is 5.32 Å². The zero-order chi connectivity index (χ0) is 28.7. The molecule has 9 nitrogen and oxygen atoms in total. The number of hydrogen-bond acceptors (Lipinski definition) is 8. The Labute approximate surface area is 229 Å². The SMILES string of the molecule is COC(=O)C1=C(C(F)(F)F)NC(C)=C(C(=O)OCCc2cccc(OCCBr)c2)C1c1cccc([N+](=O)[O-])c1. The van der Waals surface area contributed by atoms with E-state index >= 15 is 0 Å². The first-order chi connectivity index (χ1) is 18.5. The molecule has 39 heavy (non-hydrogen) atoms. The molecule has 0 aliphatic carbocycles. The number of carbonyl (C=O) groups is 2. The molecule has 0 spiro atoms. The van der Waals surface area contributed by atoms with Crippen LogP contribution >= 0.6 is 15.9 Å². The van der Waals surface area contributed by atoms with Gasteiger partial charge in [0, 0.05) is 29.6 Å². The molecule has 0 saturated heterocycles. The van der Waals surface area contributed by atoms with E-state index in [4.69, 9.17) is 9.47 Å². The van der Waals surface area contributed by atoms with Crippen molar-refractivity contribution in [2.75, 3.05) is 25.7 Å². The molecule has 208 valence electrons. The predicted molar refractivity (Wildman–Crippen MR) is 137 cm³/mol. The minimum absolute atomic E-state index is 0.0872. The number of dihydropyridines is 1. The molecule has 1 unspecified atom stereocenters. The lowest BCUT2D eigenvalue weighted by Gasteiger charge is -2.31. The summed E-state index contributed by atoms with van der Waals surface area (Å²) in [5.74, 6) is -3.38. The maximum Gasteiger partial charge on any atom is 0.431 e. The number of nitrogens with zero attached hydrogens (tertiary/aromatic N) is 1. The Morgan fingerprint density at radius 3 is 2.44 bits per heavy atom. The highest BCUT2D eigenvalue weighted by atomic mass is 79.9. The molecule has 0 bridgehead atoms. The minimum Gasteiger partial charge on any atom is -0.493 e. The van der Waals surface area contributed by atoms with E-state index < -0.39 is 45.9 Å². The van der Waals surface area contributed by atoms with Crippen LogP contribution in [-0.2, 0) is 25.5 Å². The van der Waals surface area contributed by atoms with Crippen molar-refractivity contribution in [3.63, 3.8) is 0 Å². The molecule has 1 aliphatic rings. The van der Waals surface area contributed by atoms with Crippen LogP contribution < -0.4 is 10.1 Å². The molecule has 2 aromatic rings. The van der Waals surface area contributed by atoms with E-state index in [9.17, 15) is 32.9 Å². The topological polar surface area (TPSA) is 117 Å². The summed E-state index contributed by atoms with van der Waals surface area (Å²) in [6, 6.07) is 11.8. The number of esters is 2. The maximum absolute atomic E-state index is 14.0. The van der Waals surface area contributed by atoms with Gasteiger partial charge in [0.1, 0.15) is 11.4 Å². The van der Waals surface area contributed by atoms with Gasteiger partial charge in [-0.3, -0.25) is 10.1 Å². The lowest BCUT2D eigenvalue weighted by atomic mass is 9.80. The average Bonchev–Trinajstić information content (AvgIpc) is 2.90. The Bertz CT molecular complexity index is 1320. The van der Waals surface area contributed by atoms with Gasteiger partial charge in [-0.05, 0) is 30.2 Å². The molecule has 1 heterocycles. The second-order valence-electron chi connectivity index (χ2n) is 8.30. The monoisotopic (exact) mass is 612 g/mol. The first-order valence-corrected chi connectivity index (χ1v) is 12.7. The van der Waals surface area contributed by atoms with Crippen LogP contribution in [0.2, 0.25) is 0 Å². The fourth-order valence-electron chi connectivity index (χ4n) is 4.09. The largest absolute Gasteiger partial charge is 0.493 e. The number of carbonyl (C=O) groups excluding carboxylic acids is 2. The number of nitrogens with one attached hydrogen (secondary N) is 1. The van der Waals surface area contributed by atoms with Gasteiger partial charge in [0.25, 0.3) is 5.69 Å². The number of ether oxygens (including phenoxy) is 3. The van der Waals surface area contributed by atoms with Crippen LogP contribution in [0.4, 0.5) is 18.9 Å². The lowest BCUT2D eigenvalue weighted by molar-refractivity contribution is -0.384.